The van der Waals surface area contributed by atoms with E-state index in [1.165, 1.54) is 16.8 Å². The Morgan fingerprint density at radius 2 is 2.10 bits per heavy atom. The van der Waals surface area contributed by atoms with Gasteiger partial charge in [0.25, 0.3) is 0 Å². The van der Waals surface area contributed by atoms with Crippen LogP contribution in [-0.4, -0.2) is 15.3 Å². The van der Waals surface area contributed by atoms with Gasteiger partial charge in [0.15, 0.2) is 11.4 Å². The summed E-state index contributed by atoms with van der Waals surface area (Å²) in [6.07, 6.45) is 1.48. The van der Waals surface area contributed by atoms with E-state index in [2.05, 4.69) is 4.98 Å². The summed E-state index contributed by atoms with van der Waals surface area (Å²) >= 11 is 5.82. The summed E-state index contributed by atoms with van der Waals surface area (Å²) < 4.78 is 6.49. The molecule has 0 atom stereocenters. The van der Waals surface area contributed by atoms with Gasteiger partial charge in [-0.3, -0.25) is 9.36 Å². The van der Waals surface area contributed by atoms with Crippen molar-refractivity contribution in [2.24, 2.45) is 7.05 Å². The van der Waals surface area contributed by atoms with Crippen LogP contribution in [0.4, 0.5) is 0 Å². The molecule has 0 aliphatic carbocycles. The van der Waals surface area contributed by atoms with Crippen molar-refractivity contribution in [1.29, 1.82) is 0 Å². The van der Waals surface area contributed by atoms with E-state index in [0.29, 0.717) is 27.8 Å². The lowest BCUT2D eigenvalue weighted by atomic mass is 9.99. The summed E-state index contributed by atoms with van der Waals surface area (Å²) in [4.78, 5) is 28.0. The lowest BCUT2D eigenvalue weighted by Gasteiger charge is -2.06. The van der Waals surface area contributed by atoms with Gasteiger partial charge in [0.2, 0.25) is 0 Å². The Morgan fingerprint density at radius 1 is 1.33 bits per heavy atom. The summed E-state index contributed by atoms with van der Waals surface area (Å²) in [5, 5.41) is 0.260. The van der Waals surface area contributed by atoms with E-state index in [0.717, 1.165) is 0 Å². The van der Waals surface area contributed by atoms with Crippen LogP contribution in [0.1, 0.15) is 21.5 Å². The minimum absolute atomic E-state index is 0.174. The maximum atomic E-state index is 12.6. The van der Waals surface area contributed by atoms with E-state index in [1.54, 1.807) is 32.2 Å². The molecule has 0 unspecified atom stereocenters. The molecule has 106 valence electrons. The first-order chi connectivity index (χ1) is 9.99. The Labute approximate surface area is 124 Å². The predicted molar refractivity (Wildman–Crippen MR) is 78.9 cm³/mol. The largest absolute Gasteiger partial charge is 0.419 e. The van der Waals surface area contributed by atoms with Gasteiger partial charge in [-0.15, -0.1) is 0 Å². The first kappa shape index (κ1) is 13.6. The highest BCUT2D eigenvalue weighted by Gasteiger charge is 2.17. The number of aromatic nitrogens is 2. The van der Waals surface area contributed by atoms with Gasteiger partial charge in [0.1, 0.15) is 5.15 Å². The normalized spacial score (nSPS) is 11.0. The van der Waals surface area contributed by atoms with E-state index in [9.17, 15) is 9.59 Å². The third kappa shape index (κ3) is 2.15. The number of oxazole rings is 1. The monoisotopic (exact) mass is 302 g/mol. The maximum absolute atomic E-state index is 12.6. The van der Waals surface area contributed by atoms with Crippen LogP contribution in [0.15, 0.2) is 39.7 Å². The molecule has 0 aliphatic rings. The highest BCUT2D eigenvalue weighted by Crippen LogP contribution is 2.23. The highest BCUT2D eigenvalue weighted by molar-refractivity contribution is 6.30. The first-order valence-corrected chi connectivity index (χ1v) is 6.62. The topological polar surface area (TPSA) is 65.1 Å². The molecule has 21 heavy (non-hydrogen) atoms. The van der Waals surface area contributed by atoms with Crippen LogP contribution in [0.25, 0.3) is 11.1 Å². The first-order valence-electron chi connectivity index (χ1n) is 6.24. The second-order valence-corrected chi connectivity index (χ2v) is 5.10. The third-order valence-corrected chi connectivity index (χ3v) is 3.64. The standard InChI is InChI=1S/C15H11ClN2O3/c1-8-10(14(19)9-5-6-17-12(16)7-9)3-4-11-13(8)18(2)15(20)21-11/h3-7H,1-2H3. The number of ketones is 1. The number of hydrogen-bond donors (Lipinski definition) is 0. The smallest absolute Gasteiger partial charge is 0.408 e. The van der Waals surface area contributed by atoms with Gasteiger partial charge in [-0.05, 0) is 36.8 Å². The van der Waals surface area contributed by atoms with Crippen molar-refractivity contribution in [1.82, 2.24) is 9.55 Å². The average Bonchev–Trinajstić information content (AvgIpc) is 2.74. The molecule has 0 amide bonds. The van der Waals surface area contributed by atoms with Crippen molar-refractivity contribution in [3.63, 3.8) is 0 Å². The number of carbonyl (C=O) groups excluding carboxylic acids is 1. The predicted octanol–water partition coefficient (Wildman–Crippen LogP) is 2.72. The van der Waals surface area contributed by atoms with Crippen molar-refractivity contribution in [2.45, 2.75) is 6.92 Å². The molecule has 0 saturated heterocycles. The molecular formula is C15H11ClN2O3. The van der Waals surface area contributed by atoms with Crippen LogP contribution in [0.2, 0.25) is 5.15 Å². The number of carbonyl (C=O) groups is 1. The molecule has 0 bridgehead atoms. The number of halogens is 1. The van der Waals surface area contributed by atoms with Gasteiger partial charge in [-0.2, -0.15) is 0 Å². The lowest BCUT2D eigenvalue weighted by Crippen LogP contribution is -2.10. The summed E-state index contributed by atoms with van der Waals surface area (Å²) in [6, 6.07) is 6.39. The number of benzene rings is 1. The van der Waals surface area contributed by atoms with E-state index < -0.39 is 5.76 Å². The minimum atomic E-state index is -0.454. The fraction of sp³-hybridized carbons (Fsp3) is 0.133. The zero-order chi connectivity index (χ0) is 15.1. The average molecular weight is 303 g/mol. The van der Waals surface area contributed by atoms with Crippen LogP contribution in [-0.2, 0) is 7.05 Å². The van der Waals surface area contributed by atoms with Crippen molar-refractivity contribution >= 4 is 28.5 Å². The van der Waals surface area contributed by atoms with Gasteiger partial charge >= 0.3 is 5.76 Å². The van der Waals surface area contributed by atoms with Gasteiger partial charge < -0.3 is 4.42 Å². The number of fused-ring (bicyclic) bond motifs is 1. The van der Waals surface area contributed by atoms with Crippen LogP contribution in [0.3, 0.4) is 0 Å². The quantitative estimate of drug-likeness (QED) is 0.539. The highest BCUT2D eigenvalue weighted by atomic mass is 35.5. The van der Waals surface area contributed by atoms with Gasteiger partial charge in [-0.25, -0.2) is 9.78 Å². The molecule has 1 aromatic carbocycles. The molecule has 0 fully saturated rings. The molecule has 0 N–H and O–H groups in total. The van der Waals surface area contributed by atoms with Crippen molar-refractivity contribution in [3.8, 4) is 0 Å². The van der Waals surface area contributed by atoms with Gasteiger partial charge in [0.05, 0.1) is 5.52 Å². The second kappa shape index (κ2) is 4.86. The Balaban J connectivity index is 2.21. The Bertz CT molecular complexity index is 924. The van der Waals surface area contributed by atoms with Crippen molar-refractivity contribution < 1.29 is 9.21 Å². The maximum Gasteiger partial charge on any atom is 0.419 e. The lowest BCUT2D eigenvalue weighted by molar-refractivity contribution is 0.103. The molecule has 5 nitrogen and oxygen atoms in total. The van der Waals surface area contributed by atoms with Crippen LogP contribution in [0.5, 0.6) is 0 Å². The number of nitrogens with zero attached hydrogens (tertiary/aromatic N) is 2. The number of hydrogen-bond acceptors (Lipinski definition) is 4. The van der Waals surface area contributed by atoms with Crippen molar-refractivity contribution in [2.75, 3.05) is 0 Å². The number of pyridine rings is 1. The van der Waals surface area contributed by atoms with Crippen LogP contribution >= 0.6 is 11.6 Å². The fourth-order valence-corrected chi connectivity index (χ4v) is 2.55. The molecule has 0 aliphatic heterocycles. The van der Waals surface area contributed by atoms with Gasteiger partial charge in [-0.1, -0.05) is 11.6 Å². The van der Waals surface area contributed by atoms with Crippen molar-refractivity contribution in [3.05, 3.63) is 62.9 Å². The summed E-state index contributed by atoms with van der Waals surface area (Å²) in [7, 11) is 1.61. The van der Waals surface area contributed by atoms with Gasteiger partial charge in [0, 0.05) is 24.4 Å². The molecule has 3 aromatic rings. The summed E-state index contributed by atoms with van der Waals surface area (Å²) in [6.45, 7) is 1.79. The molecule has 0 spiro atoms. The SMILES string of the molecule is Cc1c(C(=O)c2ccnc(Cl)c2)ccc2oc(=O)n(C)c12. The van der Waals surface area contributed by atoms with Crippen LogP contribution in [0, 0.1) is 6.92 Å². The molecule has 0 radical (unpaired) electrons. The van der Waals surface area contributed by atoms with Crippen LogP contribution < -0.4 is 5.76 Å². The Hall–Kier alpha value is -2.40. The van der Waals surface area contributed by atoms with E-state index in [4.69, 9.17) is 16.0 Å². The summed E-state index contributed by atoms with van der Waals surface area (Å²) in [5.74, 6) is -0.628. The molecule has 6 heteroatoms. The Morgan fingerprint density at radius 3 is 2.81 bits per heavy atom. The second-order valence-electron chi connectivity index (χ2n) is 4.71. The molecule has 2 heterocycles. The molecule has 3 rings (SSSR count). The number of aryl methyl sites for hydroxylation is 2. The molecule has 2 aromatic heterocycles. The summed E-state index contributed by atoms with van der Waals surface area (Å²) in [5.41, 5.74) is 2.72. The minimum Gasteiger partial charge on any atom is -0.408 e. The number of rotatable bonds is 2. The van der Waals surface area contributed by atoms with E-state index in [-0.39, 0.29) is 10.9 Å². The van der Waals surface area contributed by atoms with E-state index >= 15 is 0 Å². The molecular weight excluding hydrogens is 292 g/mol. The zero-order valence-corrected chi connectivity index (χ0v) is 12.1. The molecule has 0 saturated carbocycles. The third-order valence-electron chi connectivity index (χ3n) is 3.43. The van der Waals surface area contributed by atoms with E-state index in [1.807, 2.05) is 0 Å². The fourth-order valence-electron chi connectivity index (χ4n) is 2.37. The Kier molecular flexibility index (Phi) is 3.14. The zero-order valence-electron chi connectivity index (χ0n) is 11.4.